The van der Waals surface area contributed by atoms with E-state index in [1.807, 2.05) is 22.7 Å². The van der Waals surface area contributed by atoms with E-state index in [2.05, 4.69) is 96.7 Å². The monoisotopic (exact) mass is 400 g/mol. The number of fused-ring (bicyclic) bond motifs is 2. The summed E-state index contributed by atoms with van der Waals surface area (Å²) in [7, 11) is -1.75. The Morgan fingerprint density at radius 3 is 1.52 bits per heavy atom. The maximum absolute atomic E-state index is 2.48. The lowest BCUT2D eigenvalue weighted by Crippen LogP contribution is -2.54. The van der Waals surface area contributed by atoms with Gasteiger partial charge in [-0.15, -0.1) is 22.7 Å². The molecule has 1 aliphatic heterocycles. The van der Waals surface area contributed by atoms with Crippen LogP contribution in [0.4, 0.5) is 0 Å². The fourth-order valence-electron chi connectivity index (χ4n) is 4.06. The van der Waals surface area contributed by atoms with Crippen LogP contribution in [-0.4, -0.2) is 8.07 Å². The van der Waals surface area contributed by atoms with Gasteiger partial charge in [-0.2, -0.15) is 0 Å². The summed E-state index contributed by atoms with van der Waals surface area (Å²) in [4.78, 5) is 2.68. The molecule has 0 bridgehead atoms. The minimum Gasteiger partial charge on any atom is -0.144 e. The van der Waals surface area contributed by atoms with Gasteiger partial charge in [0.1, 0.15) is 8.07 Å². The van der Waals surface area contributed by atoms with Crippen LogP contribution in [0.1, 0.15) is 11.1 Å². The molecule has 2 aromatic heterocycles. The van der Waals surface area contributed by atoms with Gasteiger partial charge in [-0.3, -0.25) is 0 Å². The molecule has 0 aliphatic carbocycles. The van der Waals surface area contributed by atoms with Crippen molar-refractivity contribution in [3.05, 3.63) is 82.6 Å². The van der Waals surface area contributed by atoms with Crippen LogP contribution in [0, 0.1) is 0 Å². The molecule has 0 unspecified atom stereocenters. The Kier molecular flexibility index (Phi) is 4.04. The van der Waals surface area contributed by atoms with Gasteiger partial charge in [0.25, 0.3) is 0 Å². The van der Waals surface area contributed by atoms with Crippen molar-refractivity contribution in [2.24, 2.45) is 0 Å². The van der Waals surface area contributed by atoms with Gasteiger partial charge in [-0.25, -0.2) is 0 Å². The largest absolute Gasteiger partial charge is 0.144 e. The van der Waals surface area contributed by atoms with E-state index in [1.54, 1.807) is 0 Å². The minimum atomic E-state index is -1.75. The second-order valence-corrected chi connectivity index (χ2v) is 13.7. The Hall–Kier alpha value is -2.20. The summed E-state index contributed by atoms with van der Waals surface area (Å²) in [5, 5.41) is 7.36. The summed E-state index contributed by atoms with van der Waals surface area (Å²) < 4.78 is 0. The van der Waals surface area contributed by atoms with Crippen LogP contribution in [-0.2, 0) is 0 Å². The normalized spacial score (nSPS) is 14.4. The Morgan fingerprint density at radius 2 is 1.11 bits per heavy atom. The third kappa shape index (κ3) is 2.87. The quantitative estimate of drug-likeness (QED) is 0.339. The van der Waals surface area contributed by atoms with Gasteiger partial charge in [0, 0.05) is 9.75 Å². The van der Waals surface area contributed by atoms with Gasteiger partial charge in [0.05, 0.1) is 0 Å². The SMILES string of the molecule is C[Si]1(C)c2ccc(-c3cccs3)cc2C=Cc2cc(-c3cccs3)ccc21. The number of thiophene rings is 2. The maximum atomic E-state index is 2.48. The molecule has 0 nitrogen and oxygen atoms in total. The first kappa shape index (κ1) is 16.9. The van der Waals surface area contributed by atoms with E-state index in [0.717, 1.165) is 0 Å². The molecule has 0 atom stereocenters. The van der Waals surface area contributed by atoms with Crippen LogP contribution in [0.2, 0.25) is 13.1 Å². The topological polar surface area (TPSA) is 0 Å². The highest BCUT2D eigenvalue weighted by Crippen LogP contribution is 2.30. The highest BCUT2D eigenvalue weighted by atomic mass is 32.1. The number of rotatable bonds is 2. The van der Waals surface area contributed by atoms with Crippen molar-refractivity contribution >= 4 is 53.3 Å². The predicted molar refractivity (Wildman–Crippen MR) is 125 cm³/mol. The Labute approximate surface area is 169 Å². The van der Waals surface area contributed by atoms with Crippen LogP contribution in [0.5, 0.6) is 0 Å². The van der Waals surface area contributed by atoms with Gasteiger partial charge in [-0.1, -0.05) is 61.6 Å². The van der Waals surface area contributed by atoms with Crippen LogP contribution in [0.3, 0.4) is 0 Å². The summed E-state index contributed by atoms with van der Waals surface area (Å²) in [5.74, 6) is 0. The van der Waals surface area contributed by atoms with Gasteiger partial charge >= 0.3 is 0 Å². The minimum absolute atomic E-state index is 1.32. The molecule has 5 rings (SSSR count). The summed E-state index contributed by atoms with van der Waals surface area (Å²) in [5.41, 5.74) is 5.41. The smallest absolute Gasteiger partial charge is 0.113 e. The molecule has 0 saturated carbocycles. The molecule has 0 saturated heterocycles. The summed E-state index contributed by atoms with van der Waals surface area (Å²) in [6.45, 7) is 4.96. The fourth-order valence-corrected chi connectivity index (χ4v) is 8.55. The first-order chi connectivity index (χ1) is 13.1. The molecule has 27 heavy (non-hydrogen) atoms. The zero-order valence-corrected chi connectivity index (χ0v) is 18.0. The van der Waals surface area contributed by atoms with E-state index < -0.39 is 8.07 Å². The van der Waals surface area contributed by atoms with Gasteiger partial charge in [0.15, 0.2) is 0 Å². The maximum Gasteiger partial charge on any atom is 0.113 e. The van der Waals surface area contributed by atoms with Crippen LogP contribution < -0.4 is 10.4 Å². The van der Waals surface area contributed by atoms with Gasteiger partial charge < -0.3 is 0 Å². The predicted octanol–water partition coefficient (Wildman–Crippen LogP) is 6.45. The molecule has 4 aromatic rings. The fraction of sp³-hybridized carbons (Fsp3) is 0.0833. The molecule has 3 heteroatoms. The first-order valence-corrected chi connectivity index (χ1v) is 13.9. The number of benzene rings is 2. The molecule has 3 heterocycles. The van der Waals surface area contributed by atoms with Crippen molar-refractivity contribution in [3.63, 3.8) is 0 Å². The summed E-state index contributed by atoms with van der Waals surface area (Å²) in [6.07, 6.45) is 4.65. The van der Waals surface area contributed by atoms with Crippen molar-refractivity contribution in [2.75, 3.05) is 0 Å². The molecule has 0 amide bonds. The zero-order valence-electron chi connectivity index (χ0n) is 15.4. The van der Waals surface area contributed by atoms with E-state index in [-0.39, 0.29) is 0 Å². The molecule has 0 N–H and O–H groups in total. The lowest BCUT2D eigenvalue weighted by molar-refractivity contribution is 1.64. The number of hydrogen-bond acceptors (Lipinski definition) is 2. The molecular formula is C24H20S2Si. The molecule has 2 aromatic carbocycles. The molecule has 132 valence electrons. The summed E-state index contributed by atoms with van der Waals surface area (Å²) >= 11 is 3.62. The van der Waals surface area contributed by atoms with E-state index in [1.165, 1.54) is 42.4 Å². The first-order valence-electron chi connectivity index (χ1n) is 9.18. The lowest BCUT2D eigenvalue weighted by Gasteiger charge is -2.26. The average molecular weight is 401 g/mol. The third-order valence-electron chi connectivity index (χ3n) is 5.50. The molecule has 0 radical (unpaired) electrons. The third-order valence-corrected chi connectivity index (χ3v) is 10.9. The van der Waals surface area contributed by atoms with Crippen molar-refractivity contribution in [1.82, 2.24) is 0 Å². The van der Waals surface area contributed by atoms with Gasteiger partial charge in [-0.05, 0) is 67.7 Å². The summed E-state index contributed by atoms with van der Waals surface area (Å²) in [6, 6.07) is 22.8. The Bertz CT molecular complexity index is 1040. The van der Waals surface area contributed by atoms with E-state index in [4.69, 9.17) is 0 Å². The second-order valence-electron chi connectivity index (χ2n) is 7.52. The van der Waals surface area contributed by atoms with E-state index in [0.29, 0.717) is 0 Å². The second kappa shape index (κ2) is 6.45. The van der Waals surface area contributed by atoms with E-state index >= 15 is 0 Å². The molecular weight excluding hydrogens is 380 g/mol. The van der Waals surface area contributed by atoms with Crippen LogP contribution in [0.15, 0.2) is 71.4 Å². The zero-order chi connectivity index (χ0) is 18.4. The standard InChI is InChI=1S/C24H20S2Si/c1-27(2)23-11-9-17(21-5-3-13-25-21)15-19(23)7-8-20-16-18(10-12-24(20)27)22-6-4-14-26-22/h3-16H,1-2H3. The number of hydrogen-bond donors (Lipinski definition) is 0. The van der Waals surface area contributed by atoms with Crippen molar-refractivity contribution in [1.29, 1.82) is 0 Å². The van der Waals surface area contributed by atoms with Crippen LogP contribution >= 0.6 is 22.7 Å². The van der Waals surface area contributed by atoms with Crippen molar-refractivity contribution in [2.45, 2.75) is 13.1 Å². The highest BCUT2D eigenvalue weighted by molar-refractivity contribution is 7.13. The average Bonchev–Trinajstić information content (AvgIpc) is 3.38. The lowest BCUT2D eigenvalue weighted by atomic mass is 10.1. The van der Waals surface area contributed by atoms with Crippen molar-refractivity contribution < 1.29 is 0 Å². The van der Waals surface area contributed by atoms with Gasteiger partial charge in [0.2, 0.25) is 0 Å². The molecule has 0 fully saturated rings. The Balaban J connectivity index is 1.66. The van der Waals surface area contributed by atoms with E-state index in [9.17, 15) is 0 Å². The molecule has 0 spiro atoms. The van der Waals surface area contributed by atoms with Crippen molar-refractivity contribution in [3.8, 4) is 20.9 Å². The Morgan fingerprint density at radius 1 is 0.630 bits per heavy atom. The molecule has 1 aliphatic rings. The highest BCUT2D eigenvalue weighted by Gasteiger charge is 2.31. The van der Waals surface area contributed by atoms with Crippen LogP contribution in [0.25, 0.3) is 33.0 Å².